The lowest BCUT2D eigenvalue weighted by atomic mass is 10.0. The second-order valence-corrected chi connectivity index (χ2v) is 5.50. The van der Waals surface area contributed by atoms with Crippen LogP contribution in [0.5, 0.6) is 0 Å². The summed E-state index contributed by atoms with van der Waals surface area (Å²) < 4.78 is 5.57. The minimum Gasteiger partial charge on any atom is -0.358 e. The molecule has 1 aliphatic rings. The molecule has 1 aliphatic heterocycles. The minimum atomic E-state index is -0.965. The summed E-state index contributed by atoms with van der Waals surface area (Å²) in [5, 5.41) is 3.06. The predicted octanol–water partition coefficient (Wildman–Crippen LogP) is 1.69. The predicted molar refractivity (Wildman–Crippen MR) is 68.8 cm³/mol. The van der Waals surface area contributed by atoms with Gasteiger partial charge in [0.1, 0.15) is 0 Å². The number of hydrogen-bond acceptors (Lipinski definition) is 4. The van der Waals surface area contributed by atoms with E-state index >= 15 is 0 Å². The van der Waals surface area contributed by atoms with Gasteiger partial charge in [-0.2, -0.15) is 0 Å². The molecule has 1 N–H and O–H groups in total. The van der Waals surface area contributed by atoms with Gasteiger partial charge in [0.05, 0.1) is 16.8 Å². The summed E-state index contributed by atoms with van der Waals surface area (Å²) in [7, 11) is 0. The summed E-state index contributed by atoms with van der Waals surface area (Å²) >= 11 is 4.44. The number of nitrogens with one attached hydrogen (secondary N) is 1. The first-order valence-corrected chi connectivity index (χ1v) is 7.13. The Balaban J connectivity index is 2.30. The van der Waals surface area contributed by atoms with Crippen LogP contribution in [-0.4, -0.2) is 30.2 Å². The van der Waals surface area contributed by atoms with Crippen molar-refractivity contribution in [2.75, 3.05) is 18.5 Å². The molecule has 17 heavy (non-hydrogen) atoms. The van der Waals surface area contributed by atoms with Crippen molar-refractivity contribution in [2.24, 2.45) is 0 Å². The third-order valence-corrected chi connectivity index (χ3v) is 4.52. The number of hydrogen-bond donors (Lipinski definition) is 1. The average molecular weight is 318 g/mol. The lowest BCUT2D eigenvalue weighted by molar-refractivity contribution is -0.152. The molecule has 1 amide bonds. The maximum atomic E-state index is 11.8. The van der Waals surface area contributed by atoms with Gasteiger partial charge in [0.2, 0.25) is 0 Å². The lowest BCUT2D eigenvalue weighted by Gasteiger charge is -2.31. The van der Waals surface area contributed by atoms with E-state index in [4.69, 9.17) is 4.74 Å². The quantitative estimate of drug-likeness (QED) is 0.681. The van der Waals surface area contributed by atoms with Crippen LogP contribution in [-0.2, 0) is 15.1 Å². The first kappa shape index (κ1) is 12.7. The molecule has 1 fully saturated rings. The van der Waals surface area contributed by atoms with Crippen molar-refractivity contribution >= 4 is 39.0 Å². The van der Waals surface area contributed by atoms with E-state index in [0.29, 0.717) is 18.0 Å². The van der Waals surface area contributed by atoms with E-state index in [1.54, 1.807) is 19.1 Å². The number of amides is 1. The molecule has 1 aromatic rings. The highest BCUT2D eigenvalue weighted by Crippen LogP contribution is 2.33. The zero-order valence-corrected chi connectivity index (χ0v) is 11.7. The van der Waals surface area contributed by atoms with Crippen LogP contribution < -0.4 is 5.32 Å². The summed E-state index contributed by atoms with van der Waals surface area (Å²) in [6.07, 6.45) is 0. The fourth-order valence-corrected chi connectivity index (χ4v) is 3.18. The third kappa shape index (κ3) is 2.29. The Labute approximate surface area is 111 Å². The molecule has 0 aromatic carbocycles. The molecular formula is C11H12BrNO3S. The number of Topliss-reactive ketones (excluding diaryl/α,β-unsaturated/α-hetero) is 1. The molecule has 2 heterocycles. The van der Waals surface area contributed by atoms with E-state index in [-0.39, 0.29) is 17.0 Å². The van der Waals surface area contributed by atoms with E-state index < -0.39 is 5.60 Å². The third-order valence-electron chi connectivity index (χ3n) is 2.68. The van der Waals surface area contributed by atoms with Gasteiger partial charge >= 0.3 is 0 Å². The molecule has 1 aromatic heterocycles. The number of ether oxygens (including phenoxy) is 1. The molecule has 1 atom stereocenters. The number of morpholine rings is 1. The standard InChI is InChI=1S/C11H12BrNO3S/c1-11(10(15)13-4-5-16-11)9-3-2-8(17-9)7(14)6-12/h2-3H,4-6H2,1H3,(H,13,15). The van der Waals surface area contributed by atoms with Crippen LogP contribution >= 0.6 is 27.3 Å². The summed E-state index contributed by atoms with van der Waals surface area (Å²) in [4.78, 5) is 24.8. The second kappa shape index (κ2) is 4.88. The van der Waals surface area contributed by atoms with Gasteiger partial charge < -0.3 is 10.1 Å². The Hall–Kier alpha value is -0.720. The van der Waals surface area contributed by atoms with Crippen LogP contribution in [0.25, 0.3) is 0 Å². The minimum absolute atomic E-state index is 0.0149. The Morgan fingerprint density at radius 1 is 1.65 bits per heavy atom. The van der Waals surface area contributed by atoms with E-state index in [9.17, 15) is 9.59 Å². The van der Waals surface area contributed by atoms with Crippen LogP contribution in [0.1, 0.15) is 21.5 Å². The normalized spacial score (nSPS) is 24.5. The molecular weight excluding hydrogens is 306 g/mol. The maximum Gasteiger partial charge on any atom is 0.257 e. The monoisotopic (exact) mass is 317 g/mol. The number of ketones is 1. The van der Waals surface area contributed by atoms with E-state index in [1.807, 2.05) is 0 Å². The van der Waals surface area contributed by atoms with Crippen LogP contribution in [0, 0.1) is 0 Å². The number of halogens is 1. The zero-order chi connectivity index (χ0) is 12.5. The van der Waals surface area contributed by atoms with Gasteiger partial charge in [0.25, 0.3) is 5.91 Å². The van der Waals surface area contributed by atoms with Crippen LogP contribution in [0.4, 0.5) is 0 Å². The van der Waals surface area contributed by atoms with E-state index in [2.05, 4.69) is 21.2 Å². The Morgan fingerprint density at radius 3 is 3.06 bits per heavy atom. The Bertz CT molecular complexity index is 459. The Morgan fingerprint density at radius 2 is 2.41 bits per heavy atom. The van der Waals surface area contributed by atoms with Crippen molar-refractivity contribution in [2.45, 2.75) is 12.5 Å². The number of carbonyl (C=O) groups is 2. The fraction of sp³-hybridized carbons (Fsp3) is 0.455. The van der Waals surface area contributed by atoms with Gasteiger partial charge in [-0.05, 0) is 19.1 Å². The van der Waals surface area contributed by atoms with Crippen molar-refractivity contribution < 1.29 is 14.3 Å². The van der Waals surface area contributed by atoms with Crippen molar-refractivity contribution in [3.05, 3.63) is 21.9 Å². The average Bonchev–Trinajstić information content (AvgIpc) is 2.82. The number of thiophene rings is 1. The second-order valence-electron chi connectivity index (χ2n) is 3.86. The molecule has 0 aliphatic carbocycles. The highest BCUT2D eigenvalue weighted by atomic mass is 79.9. The largest absolute Gasteiger partial charge is 0.358 e. The van der Waals surface area contributed by atoms with Crippen molar-refractivity contribution in [3.63, 3.8) is 0 Å². The smallest absolute Gasteiger partial charge is 0.257 e. The molecule has 92 valence electrons. The molecule has 0 bridgehead atoms. The summed E-state index contributed by atoms with van der Waals surface area (Å²) in [5.74, 6) is -0.135. The van der Waals surface area contributed by atoms with Gasteiger partial charge in [0.15, 0.2) is 11.4 Å². The lowest BCUT2D eigenvalue weighted by Crippen LogP contribution is -2.50. The maximum absolute atomic E-state index is 11.8. The van der Waals surface area contributed by atoms with Crippen molar-refractivity contribution in [3.8, 4) is 0 Å². The van der Waals surface area contributed by atoms with Gasteiger partial charge in [-0.25, -0.2) is 0 Å². The van der Waals surface area contributed by atoms with Gasteiger partial charge in [-0.15, -0.1) is 11.3 Å². The molecule has 1 saturated heterocycles. The first-order chi connectivity index (χ1) is 8.08. The van der Waals surface area contributed by atoms with Crippen LogP contribution in [0.15, 0.2) is 12.1 Å². The highest BCUT2D eigenvalue weighted by molar-refractivity contribution is 9.09. The molecule has 1 unspecified atom stereocenters. The topological polar surface area (TPSA) is 55.4 Å². The SMILES string of the molecule is CC1(c2ccc(C(=O)CBr)s2)OCCNC1=O. The van der Waals surface area contributed by atoms with E-state index in [1.165, 1.54) is 11.3 Å². The molecule has 0 saturated carbocycles. The molecule has 4 nitrogen and oxygen atoms in total. The Kier molecular flexibility index (Phi) is 3.65. The van der Waals surface area contributed by atoms with Crippen LogP contribution in [0.2, 0.25) is 0 Å². The summed E-state index contributed by atoms with van der Waals surface area (Å²) in [5.41, 5.74) is -0.965. The number of alkyl halides is 1. The molecule has 6 heteroatoms. The zero-order valence-electron chi connectivity index (χ0n) is 9.29. The molecule has 0 radical (unpaired) electrons. The molecule has 0 spiro atoms. The van der Waals surface area contributed by atoms with Gasteiger partial charge in [0, 0.05) is 11.4 Å². The number of carbonyl (C=O) groups excluding carboxylic acids is 2. The van der Waals surface area contributed by atoms with Crippen molar-refractivity contribution in [1.29, 1.82) is 0 Å². The fourth-order valence-electron chi connectivity index (χ4n) is 1.65. The van der Waals surface area contributed by atoms with Crippen molar-refractivity contribution in [1.82, 2.24) is 5.32 Å². The number of rotatable bonds is 3. The van der Waals surface area contributed by atoms with E-state index in [0.717, 1.165) is 4.88 Å². The summed E-state index contributed by atoms with van der Waals surface area (Å²) in [6, 6.07) is 3.52. The van der Waals surface area contributed by atoms with Gasteiger partial charge in [-0.3, -0.25) is 9.59 Å². The van der Waals surface area contributed by atoms with Crippen LogP contribution in [0.3, 0.4) is 0 Å². The molecule has 2 rings (SSSR count). The van der Waals surface area contributed by atoms with Gasteiger partial charge in [-0.1, -0.05) is 15.9 Å². The first-order valence-electron chi connectivity index (χ1n) is 5.19. The summed E-state index contributed by atoms with van der Waals surface area (Å²) in [6.45, 7) is 2.75. The highest BCUT2D eigenvalue weighted by Gasteiger charge is 2.40.